The van der Waals surface area contributed by atoms with E-state index in [9.17, 15) is 4.79 Å². The van der Waals surface area contributed by atoms with Crippen LogP contribution < -0.4 is 0 Å². The fraction of sp³-hybridized carbons (Fsp3) is 0.200. The maximum absolute atomic E-state index is 12.6. The summed E-state index contributed by atoms with van der Waals surface area (Å²) in [7, 11) is 0. The molecule has 0 aliphatic carbocycles. The molecule has 0 N–H and O–H groups in total. The van der Waals surface area contributed by atoms with Gasteiger partial charge in [0, 0.05) is 15.6 Å². The molecule has 1 heterocycles. The number of amides is 1. The second kappa shape index (κ2) is 7.85. The highest BCUT2D eigenvalue weighted by Crippen LogP contribution is 2.21. The molecule has 0 spiro atoms. The Morgan fingerprint density at radius 1 is 1.32 bits per heavy atom. The fourth-order valence-electron chi connectivity index (χ4n) is 1.83. The number of carbonyl (C=O) groups is 1. The molecule has 2 rings (SSSR count). The zero-order valence-corrected chi connectivity index (χ0v) is 13.0. The van der Waals surface area contributed by atoms with E-state index in [0.29, 0.717) is 21.4 Å². The van der Waals surface area contributed by atoms with Gasteiger partial charge in [-0.2, -0.15) is 5.26 Å². The summed E-state index contributed by atoms with van der Waals surface area (Å²) in [6, 6.07) is 9.92. The number of hydrogen-bond donors (Lipinski definition) is 0. The topological polar surface area (TPSA) is 66.5 Å². The first-order valence-corrected chi connectivity index (χ1v) is 7.08. The van der Waals surface area contributed by atoms with E-state index in [1.165, 1.54) is 23.3 Å². The van der Waals surface area contributed by atoms with E-state index in [2.05, 4.69) is 0 Å². The molecule has 0 atom stereocenters. The number of ether oxygens (including phenoxy) is 1. The number of hydrogen-bond acceptors (Lipinski definition) is 4. The van der Waals surface area contributed by atoms with Crippen molar-refractivity contribution in [1.82, 2.24) is 4.90 Å². The second-order valence-corrected chi connectivity index (χ2v) is 5.25. The molecule has 1 aromatic carbocycles. The summed E-state index contributed by atoms with van der Waals surface area (Å²) in [5.74, 6) is 0.278. The van der Waals surface area contributed by atoms with Crippen LogP contribution in [0.2, 0.25) is 10.0 Å². The van der Waals surface area contributed by atoms with E-state index in [1.54, 1.807) is 18.2 Å². The third-order valence-electron chi connectivity index (χ3n) is 2.74. The van der Waals surface area contributed by atoms with E-state index in [1.807, 2.05) is 6.07 Å². The maximum Gasteiger partial charge on any atom is 0.256 e. The summed E-state index contributed by atoms with van der Waals surface area (Å²) in [6.45, 7) is 0.0524. The molecule has 5 nitrogen and oxygen atoms in total. The summed E-state index contributed by atoms with van der Waals surface area (Å²) in [4.78, 5) is 14.0. The predicted octanol–water partition coefficient (Wildman–Crippen LogP) is 3.73. The molecule has 1 aromatic heterocycles. The van der Waals surface area contributed by atoms with Crippen LogP contribution in [-0.2, 0) is 11.3 Å². The first-order chi connectivity index (χ1) is 10.6. The molecule has 22 heavy (non-hydrogen) atoms. The quantitative estimate of drug-likeness (QED) is 0.594. The Morgan fingerprint density at radius 2 is 2.05 bits per heavy atom. The van der Waals surface area contributed by atoms with Gasteiger partial charge in [0.2, 0.25) is 0 Å². The Labute approximate surface area is 137 Å². The lowest BCUT2D eigenvalue weighted by molar-refractivity contribution is 0.0285. The van der Waals surface area contributed by atoms with Gasteiger partial charge in [0.05, 0.1) is 18.9 Å². The van der Waals surface area contributed by atoms with Crippen molar-refractivity contribution in [3.05, 3.63) is 58.0 Å². The number of nitriles is 1. The SMILES string of the molecule is N#CCOCN(Cc1ccco1)C(=O)c1cc(Cl)cc(Cl)c1. The van der Waals surface area contributed by atoms with Crippen molar-refractivity contribution in [2.24, 2.45) is 0 Å². The third kappa shape index (κ3) is 4.50. The highest BCUT2D eigenvalue weighted by atomic mass is 35.5. The summed E-state index contributed by atoms with van der Waals surface area (Å²) in [5, 5.41) is 9.27. The van der Waals surface area contributed by atoms with Crippen LogP contribution in [-0.4, -0.2) is 24.1 Å². The Hall–Kier alpha value is -2.00. The van der Waals surface area contributed by atoms with Gasteiger partial charge in [0.15, 0.2) is 0 Å². The third-order valence-corrected chi connectivity index (χ3v) is 3.17. The minimum absolute atomic E-state index is 0.0444. The van der Waals surface area contributed by atoms with Gasteiger partial charge >= 0.3 is 0 Å². The number of halogens is 2. The normalized spacial score (nSPS) is 10.2. The molecular formula is C15H12Cl2N2O3. The number of nitrogens with zero attached hydrogens (tertiary/aromatic N) is 2. The molecule has 114 valence electrons. The lowest BCUT2D eigenvalue weighted by Gasteiger charge is -2.21. The number of furan rings is 1. The van der Waals surface area contributed by atoms with Crippen LogP contribution in [0, 0.1) is 11.3 Å². The molecule has 2 aromatic rings. The standard InChI is InChI=1S/C15H12Cl2N2O3/c16-12-6-11(7-13(17)8-12)15(20)19(10-21-5-3-18)9-14-2-1-4-22-14/h1-2,4,6-8H,5,9-10H2. The molecule has 0 aliphatic heterocycles. The van der Waals surface area contributed by atoms with Gasteiger partial charge in [0.1, 0.15) is 19.1 Å². The summed E-state index contributed by atoms with van der Waals surface area (Å²) >= 11 is 11.8. The van der Waals surface area contributed by atoms with Crippen molar-refractivity contribution < 1.29 is 13.9 Å². The Kier molecular flexibility index (Phi) is 5.84. The predicted molar refractivity (Wildman–Crippen MR) is 81.5 cm³/mol. The highest BCUT2D eigenvalue weighted by Gasteiger charge is 2.18. The van der Waals surface area contributed by atoms with Crippen LogP contribution in [0.25, 0.3) is 0 Å². The van der Waals surface area contributed by atoms with Crippen molar-refractivity contribution in [2.75, 3.05) is 13.3 Å². The van der Waals surface area contributed by atoms with Crippen molar-refractivity contribution >= 4 is 29.1 Å². The monoisotopic (exact) mass is 338 g/mol. The molecule has 0 bridgehead atoms. The molecular weight excluding hydrogens is 327 g/mol. The minimum Gasteiger partial charge on any atom is -0.467 e. The van der Waals surface area contributed by atoms with Gasteiger partial charge in [-0.05, 0) is 30.3 Å². The largest absolute Gasteiger partial charge is 0.467 e. The average molecular weight is 339 g/mol. The number of carbonyl (C=O) groups excluding carboxylic acids is 1. The van der Waals surface area contributed by atoms with Gasteiger partial charge in [-0.25, -0.2) is 0 Å². The van der Waals surface area contributed by atoms with Gasteiger partial charge in [-0.1, -0.05) is 23.2 Å². The van der Waals surface area contributed by atoms with Crippen LogP contribution in [0.4, 0.5) is 0 Å². The molecule has 7 heteroatoms. The second-order valence-electron chi connectivity index (χ2n) is 4.38. The molecule has 0 fully saturated rings. The van der Waals surface area contributed by atoms with Crippen molar-refractivity contribution in [3.63, 3.8) is 0 Å². The number of rotatable bonds is 6. The van der Waals surface area contributed by atoms with Gasteiger partial charge in [0.25, 0.3) is 5.91 Å². The van der Waals surface area contributed by atoms with Gasteiger partial charge in [-0.15, -0.1) is 0 Å². The first-order valence-electron chi connectivity index (χ1n) is 6.32. The summed E-state index contributed by atoms with van der Waals surface area (Å²) in [6.07, 6.45) is 1.52. The molecule has 0 unspecified atom stereocenters. The zero-order valence-electron chi connectivity index (χ0n) is 11.5. The van der Waals surface area contributed by atoms with Crippen LogP contribution in [0.15, 0.2) is 41.0 Å². The van der Waals surface area contributed by atoms with Crippen LogP contribution in [0.1, 0.15) is 16.1 Å². The van der Waals surface area contributed by atoms with Crippen molar-refractivity contribution in [3.8, 4) is 6.07 Å². The smallest absolute Gasteiger partial charge is 0.256 e. The lowest BCUT2D eigenvalue weighted by atomic mass is 10.2. The van der Waals surface area contributed by atoms with E-state index in [4.69, 9.17) is 37.6 Å². The van der Waals surface area contributed by atoms with Crippen LogP contribution in [0.5, 0.6) is 0 Å². The maximum atomic E-state index is 12.6. The van der Waals surface area contributed by atoms with E-state index >= 15 is 0 Å². The Bertz CT molecular complexity index is 660. The first kappa shape index (κ1) is 16.4. The van der Waals surface area contributed by atoms with E-state index < -0.39 is 0 Å². The van der Waals surface area contributed by atoms with E-state index in [-0.39, 0.29) is 25.8 Å². The van der Waals surface area contributed by atoms with Crippen LogP contribution in [0.3, 0.4) is 0 Å². The minimum atomic E-state index is -0.321. The molecule has 0 radical (unpaired) electrons. The van der Waals surface area contributed by atoms with Gasteiger partial charge in [-0.3, -0.25) is 4.79 Å². The highest BCUT2D eigenvalue weighted by molar-refractivity contribution is 6.35. The lowest BCUT2D eigenvalue weighted by Crippen LogP contribution is -2.32. The Balaban J connectivity index is 2.18. The van der Waals surface area contributed by atoms with Crippen molar-refractivity contribution in [1.29, 1.82) is 5.26 Å². The fourth-order valence-corrected chi connectivity index (χ4v) is 2.35. The van der Waals surface area contributed by atoms with Gasteiger partial charge < -0.3 is 14.1 Å². The molecule has 1 amide bonds. The zero-order chi connectivity index (χ0) is 15.9. The average Bonchev–Trinajstić information content (AvgIpc) is 2.97. The summed E-state index contributed by atoms with van der Waals surface area (Å²) < 4.78 is 10.4. The molecule has 0 saturated carbocycles. The molecule has 0 saturated heterocycles. The molecule has 0 aliphatic rings. The Morgan fingerprint density at radius 3 is 2.64 bits per heavy atom. The van der Waals surface area contributed by atoms with Crippen LogP contribution >= 0.6 is 23.2 Å². The van der Waals surface area contributed by atoms with E-state index in [0.717, 1.165) is 0 Å². The number of benzene rings is 1. The van der Waals surface area contributed by atoms with Crippen molar-refractivity contribution in [2.45, 2.75) is 6.54 Å². The summed E-state index contributed by atoms with van der Waals surface area (Å²) in [5.41, 5.74) is 0.338.